The molecule has 39 heavy (non-hydrogen) atoms. The lowest BCUT2D eigenvalue weighted by Crippen LogP contribution is -2.54. The molecule has 0 spiro atoms. The van der Waals surface area contributed by atoms with E-state index in [1.807, 2.05) is 0 Å². The Balaban J connectivity index is 2.44. The number of hydrogen-bond acceptors (Lipinski definition) is 8. The third-order valence-electron chi connectivity index (χ3n) is 5.87. The monoisotopic (exact) mass is 558 g/mol. The Morgan fingerprint density at radius 1 is 0.821 bits per heavy atom. The molecule has 2 aromatic carbocycles. The lowest BCUT2D eigenvalue weighted by molar-refractivity contribution is -0.288. The molecule has 2 aromatic rings. The SMILES string of the molecule is COC(=O)C1=C(C(=O)OC)N(c2cc(C(c3ccc(O)c(N)c3)(C(F)(F)F)C(F)(F)F)ccc2O)C=CC=C1. The molecule has 0 bridgehead atoms. The summed E-state index contributed by atoms with van der Waals surface area (Å²) in [5, 5.41) is 20.2. The molecule has 0 saturated heterocycles. The van der Waals surface area contributed by atoms with E-state index >= 15 is 0 Å². The zero-order valence-electron chi connectivity index (χ0n) is 20.1. The first kappa shape index (κ1) is 28.9. The Morgan fingerprint density at radius 2 is 1.36 bits per heavy atom. The first-order valence-corrected chi connectivity index (χ1v) is 10.7. The van der Waals surface area contributed by atoms with Gasteiger partial charge >= 0.3 is 24.3 Å². The molecule has 0 amide bonds. The second-order valence-corrected chi connectivity index (χ2v) is 8.04. The molecule has 208 valence electrons. The fourth-order valence-electron chi connectivity index (χ4n) is 4.07. The van der Waals surface area contributed by atoms with Crippen molar-refractivity contribution in [3.8, 4) is 11.5 Å². The van der Waals surface area contributed by atoms with E-state index < -0.39 is 75.0 Å². The van der Waals surface area contributed by atoms with Crippen LogP contribution >= 0.6 is 0 Å². The lowest BCUT2D eigenvalue weighted by atomic mass is 9.72. The van der Waals surface area contributed by atoms with Crippen LogP contribution in [-0.4, -0.2) is 48.7 Å². The van der Waals surface area contributed by atoms with Crippen molar-refractivity contribution in [3.63, 3.8) is 0 Å². The number of carbonyl (C=O) groups is 2. The number of phenolic OH excluding ortho intramolecular Hbond substituents is 2. The summed E-state index contributed by atoms with van der Waals surface area (Å²) in [5.74, 6) is -3.90. The van der Waals surface area contributed by atoms with Gasteiger partial charge in [-0.3, -0.25) is 0 Å². The number of alkyl halides is 6. The lowest BCUT2D eigenvalue weighted by Gasteiger charge is -2.39. The molecule has 0 saturated carbocycles. The average Bonchev–Trinajstić information content (AvgIpc) is 3.07. The molecule has 0 fully saturated rings. The summed E-state index contributed by atoms with van der Waals surface area (Å²) in [6.45, 7) is 0. The summed E-state index contributed by atoms with van der Waals surface area (Å²) >= 11 is 0. The first-order chi connectivity index (χ1) is 18.1. The highest BCUT2D eigenvalue weighted by Gasteiger charge is 2.72. The van der Waals surface area contributed by atoms with Gasteiger partial charge < -0.3 is 30.3 Å². The van der Waals surface area contributed by atoms with Gasteiger partial charge in [0, 0.05) is 6.20 Å². The minimum atomic E-state index is -6.03. The summed E-state index contributed by atoms with van der Waals surface area (Å²) in [6, 6.07) is 2.69. The number of allylic oxidation sites excluding steroid dienone is 2. The van der Waals surface area contributed by atoms with Crippen molar-refractivity contribution in [2.24, 2.45) is 0 Å². The van der Waals surface area contributed by atoms with Gasteiger partial charge in [0.15, 0.2) is 0 Å². The summed E-state index contributed by atoms with van der Waals surface area (Å²) in [5.41, 5.74) is -4.68. The van der Waals surface area contributed by atoms with Crippen LogP contribution in [-0.2, 0) is 24.5 Å². The topological polar surface area (TPSA) is 122 Å². The van der Waals surface area contributed by atoms with E-state index in [2.05, 4.69) is 9.47 Å². The molecule has 0 unspecified atom stereocenters. The number of benzene rings is 2. The number of carbonyl (C=O) groups excluding carboxylic acids is 2. The minimum Gasteiger partial charge on any atom is -0.506 e. The fourth-order valence-corrected chi connectivity index (χ4v) is 4.07. The molecule has 0 radical (unpaired) electrons. The molecule has 3 rings (SSSR count). The van der Waals surface area contributed by atoms with Gasteiger partial charge in [0.1, 0.15) is 17.2 Å². The number of nitrogens with zero attached hydrogens (tertiary/aromatic N) is 1. The second-order valence-electron chi connectivity index (χ2n) is 8.04. The number of esters is 2. The summed E-state index contributed by atoms with van der Waals surface area (Å²) < 4.78 is 97.0. The zero-order chi connectivity index (χ0) is 29.3. The number of nitrogen functional groups attached to an aromatic ring is 1. The van der Waals surface area contributed by atoms with Gasteiger partial charge in [0.05, 0.1) is 31.2 Å². The van der Waals surface area contributed by atoms with Crippen molar-refractivity contribution in [2.45, 2.75) is 17.8 Å². The normalized spacial score (nSPS) is 14.3. The largest absolute Gasteiger partial charge is 0.506 e. The predicted molar refractivity (Wildman–Crippen MR) is 125 cm³/mol. The van der Waals surface area contributed by atoms with Gasteiger partial charge in [0.25, 0.3) is 0 Å². The van der Waals surface area contributed by atoms with E-state index in [4.69, 9.17) is 5.73 Å². The van der Waals surface area contributed by atoms with Crippen LogP contribution in [0.3, 0.4) is 0 Å². The predicted octanol–water partition coefficient (Wildman–Crippen LogP) is 4.58. The number of aromatic hydroxyl groups is 2. The number of halogens is 6. The van der Waals surface area contributed by atoms with Crippen LogP contribution in [0.5, 0.6) is 11.5 Å². The van der Waals surface area contributed by atoms with Gasteiger partial charge in [-0.25, -0.2) is 9.59 Å². The average molecular weight is 558 g/mol. The van der Waals surface area contributed by atoms with E-state index in [-0.39, 0.29) is 0 Å². The smallest absolute Gasteiger partial charge is 0.411 e. The number of phenols is 2. The quantitative estimate of drug-likeness (QED) is 0.211. The van der Waals surface area contributed by atoms with Gasteiger partial charge in [0.2, 0.25) is 5.41 Å². The van der Waals surface area contributed by atoms with E-state index in [9.17, 15) is 46.1 Å². The summed E-state index contributed by atoms with van der Waals surface area (Å²) in [6.07, 6.45) is -7.50. The Bertz CT molecular complexity index is 1380. The Labute approximate surface area is 216 Å². The van der Waals surface area contributed by atoms with Crippen LogP contribution in [0.1, 0.15) is 11.1 Å². The molecule has 1 heterocycles. The maximum atomic E-state index is 14.6. The first-order valence-electron chi connectivity index (χ1n) is 10.7. The third kappa shape index (κ3) is 4.84. The van der Waals surface area contributed by atoms with Crippen LogP contribution in [0.2, 0.25) is 0 Å². The van der Waals surface area contributed by atoms with Crippen LogP contribution in [0.4, 0.5) is 37.7 Å². The van der Waals surface area contributed by atoms with Crippen molar-refractivity contribution >= 4 is 23.3 Å². The summed E-state index contributed by atoms with van der Waals surface area (Å²) in [4.78, 5) is 25.7. The molecule has 14 heteroatoms. The van der Waals surface area contributed by atoms with Crippen LogP contribution in [0.25, 0.3) is 0 Å². The van der Waals surface area contributed by atoms with Gasteiger partial charge in [-0.15, -0.1) is 0 Å². The molecular weight excluding hydrogens is 538 g/mol. The minimum absolute atomic E-state index is 0.341. The van der Waals surface area contributed by atoms with E-state index in [1.54, 1.807) is 0 Å². The highest BCUT2D eigenvalue weighted by atomic mass is 19.4. The van der Waals surface area contributed by atoms with Gasteiger partial charge in [-0.05, 0) is 47.5 Å². The second kappa shape index (κ2) is 10.3. The Morgan fingerprint density at radius 3 is 1.87 bits per heavy atom. The molecule has 1 aliphatic heterocycles. The van der Waals surface area contributed by atoms with E-state index in [0.717, 1.165) is 26.5 Å². The number of rotatable bonds is 5. The summed E-state index contributed by atoms with van der Waals surface area (Å²) in [7, 11) is 1.90. The molecule has 0 aliphatic carbocycles. The van der Waals surface area contributed by atoms with Crippen molar-refractivity contribution in [2.75, 3.05) is 24.9 Å². The molecule has 8 nitrogen and oxygen atoms in total. The van der Waals surface area contributed by atoms with Crippen molar-refractivity contribution in [1.82, 2.24) is 0 Å². The molecule has 0 atom stereocenters. The van der Waals surface area contributed by atoms with Crippen molar-refractivity contribution in [3.05, 3.63) is 83.2 Å². The highest BCUT2D eigenvalue weighted by molar-refractivity contribution is 6.05. The third-order valence-corrected chi connectivity index (χ3v) is 5.87. The van der Waals surface area contributed by atoms with Crippen LogP contribution in [0, 0.1) is 0 Å². The van der Waals surface area contributed by atoms with Crippen molar-refractivity contribution in [1.29, 1.82) is 0 Å². The Kier molecular flexibility index (Phi) is 7.62. The van der Waals surface area contributed by atoms with Crippen LogP contribution < -0.4 is 10.6 Å². The zero-order valence-corrected chi connectivity index (χ0v) is 20.1. The maximum Gasteiger partial charge on any atom is 0.411 e. The standard InChI is InChI=1S/C25H20F6N2O6/c1-38-21(36)15-5-3-4-10-33(20(15)22(37)39-2)17-12-14(7-9-19(17)35)23(24(26,27)28,25(29,30)31)13-6-8-18(34)16(32)11-13/h3-12,34-35H,32H2,1-2H3. The number of nitrogens with two attached hydrogens (primary N) is 1. The number of hydrogen-bond donors (Lipinski definition) is 3. The van der Waals surface area contributed by atoms with Gasteiger partial charge in [-0.2, -0.15) is 26.3 Å². The molecule has 1 aliphatic rings. The molecule has 4 N–H and O–H groups in total. The Hall–Kier alpha value is -4.62. The van der Waals surface area contributed by atoms with E-state index in [1.165, 1.54) is 12.2 Å². The fraction of sp³-hybridized carbons (Fsp3) is 0.200. The van der Waals surface area contributed by atoms with Crippen LogP contribution in [0.15, 0.2) is 72.1 Å². The van der Waals surface area contributed by atoms with Gasteiger partial charge in [-0.1, -0.05) is 18.2 Å². The highest BCUT2D eigenvalue weighted by Crippen LogP contribution is 2.57. The molecular formula is C25H20F6N2O6. The number of methoxy groups -OCH3 is 2. The maximum absolute atomic E-state index is 14.6. The van der Waals surface area contributed by atoms with Crippen molar-refractivity contribution < 1.29 is 55.6 Å². The number of ether oxygens (including phenoxy) is 2. The van der Waals surface area contributed by atoms with E-state index in [0.29, 0.717) is 41.3 Å². The molecule has 0 aromatic heterocycles. The number of anilines is 2.